The van der Waals surface area contributed by atoms with Crippen LogP contribution in [0.5, 0.6) is 0 Å². The summed E-state index contributed by atoms with van der Waals surface area (Å²) >= 11 is 0. The second-order valence-electron chi connectivity index (χ2n) is 3.41. The molecular formula is C11H20O. The number of unbranched alkanes of at least 4 members (excludes halogenated alkanes) is 3. The van der Waals surface area contributed by atoms with Gasteiger partial charge in [-0.1, -0.05) is 31.8 Å². The molecule has 0 unspecified atom stereocenters. The van der Waals surface area contributed by atoms with E-state index in [9.17, 15) is 4.79 Å². The summed E-state index contributed by atoms with van der Waals surface area (Å²) in [6.07, 6.45) is 7.93. The molecule has 1 heteroatoms. The second kappa shape index (κ2) is 7.08. The molecule has 0 aromatic heterocycles. The first kappa shape index (κ1) is 11.4. The van der Waals surface area contributed by atoms with Crippen LogP contribution in [0.1, 0.15) is 52.9 Å². The minimum atomic E-state index is 0.169. The highest BCUT2D eigenvalue weighted by Crippen LogP contribution is 2.09. The summed E-state index contributed by atoms with van der Waals surface area (Å²) < 4.78 is 0. The molecule has 0 atom stereocenters. The number of rotatable bonds is 6. The molecule has 0 aliphatic rings. The van der Waals surface area contributed by atoms with Gasteiger partial charge in [-0.15, -0.1) is 0 Å². The summed E-state index contributed by atoms with van der Waals surface area (Å²) in [6.45, 7) is 5.85. The number of hydrogen-bond donors (Lipinski definition) is 0. The topological polar surface area (TPSA) is 17.1 Å². The van der Waals surface area contributed by atoms with Crippen LogP contribution in [0.2, 0.25) is 0 Å². The summed E-state index contributed by atoms with van der Waals surface area (Å²) in [4.78, 5) is 10.7. The van der Waals surface area contributed by atoms with E-state index in [4.69, 9.17) is 0 Å². The van der Waals surface area contributed by atoms with E-state index in [1.54, 1.807) is 13.0 Å². The van der Waals surface area contributed by atoms with Crippen molar-refractivity contribution < 1.29 is 4.79 Å². The van der Waals surface area contributed by atoms with Gasteiger partial charge < -0.3 is 0 Å². The Morgan fingerprint density at radius 1 is 1.17 bits per heavy atom. The third kappa shape index (κ3) is 7.52. The molecule has 0 bridgehead atoms. The Kier molecular flexibility index (Phi) is 6.73. The molecule has 0 saturated carbocycles. The molecule has 0 rings (SSSR count). The zero-order valence-corrected chi connectivity index (χ0v) is 8.52. The largest absolute Gasteiger partial charge is 0.295 e. The summed E-state index contributed by atoms with van der Waals surface area (Å²) in [5, 5.41) is 0. The number of carbonyl (C=O) groups is 1. The van der Waals surface area contributed by atoms with Gasteiger partial charge in [0.2, 0.25) is 0 Å². The fraction of sp³-hybridized carbons (Fsp3) is 0.727. The first-order valence-corrected chi connectivity index (χ1v) is 4.84. The molecule has 0 spiro atoms. The van der Waals surface area contributed by atoms with Crippen LogP contribution in [0.3, 0.4) is 0 Å². The lowest BCUT2D eigenvalue weighted by Gasteiger charge is -1.99. The van der Waals surface area contributed by atoms with Gasteiger partial charge in [-0.3, -0.25) is 4.79 Å². The molecular weight excluding hydrogens is 148 g/mol. The van der Waals surface area contributed by atoms with Gasteiger partial charge in [0, 0.05) is 0 Å². The molecule has 70 valence electrons. The van der Waals surface area contributed by atoms with Gasteiger partial charge in [0.1, 0.15) is 0 Å². The fourth-order valence-corrected chi connectivity index (χ4v) is 1.25. The van der Waals surface area contributed by atoms with Gasteiger partial charge >= 0.3 is 0 Å². The molecule has 1 nitrogen and oxygen atoms in total. The molecule has 0 aliphatic heterocycles. The van der Waals surface area contributed by atoms with Crippen LogP contribution < -0.4 is 0 Å². The summed E-state index contributed by atoms with van der Waals surface area (Å²) in [5.41, 5.74) is 1.22. The maximum absolute atomic E-state index is 10.7. The highest BCUT2D eigenvalue weighted by molar-refractivity contribution is 5.87. The van der Waals surface area contributed by atoms with Gasteiger partial charge in [-0.25, -0.2) is 0 Å². The first-order chi connectivity index (χ1) is 5.66. The molecule has 0 saturated heterocycles. The lowest BCUT2D eigenvalue weighted by Crippen LogP contribution is -1.86. The van der Waals surface area contributed by atoms with Crippen molar-refractivity contribution in [3.8, 4) is 0 Å². The van der Waals surface area contributed by atoms with Gasteiger partial charge in [0.25, 0.3) is 0 Å². The Morgan fingerprint density at radius 3 is 2.33 bits per heavy atom. The summed E-state index contributed by atoms with van der Waals surface area (Å²) in [6, 6.07) is 0. The summed E-state index contributed by atoms with van der Waals surface area (Å²) in [5.74, 6) is 0.169. The monoisotopic (exact) mass is 168 g/mol. The highest BCUT2D eigenvalue weighted by Gasteiger charge is 1.92. The maximum Gasteiger partial charge on any atom is 0.152 e. The van der Waals surface area contributed by atoms with Crippen LogP contribution in [0.25, 0.3) is 0 Å². The van der Waals surface area contributed by atoms with Crippen molar-refractivity contribution in [1.29, 1.82) is 0 Å². The van der Waals surface area contributed by atoms with E-state index in [1.807, 2.05) is 6.92 Å². The second-order valence-corrected chi connectivity index (χ2v) is 3.41. The van der Waals surface area contributed by atoms with Crippen LogP contribution in [0, 0.1) is 0 Å². The third-order valence-corrected chi connectivity index (χ3v) is 1.87. The quantitative estimate of drug-likeness (QED) is 0.438. The van der Waals surface area contributed by atoms with Gasteiger partial charge in [0.05, 0.1) is 0 Å². The van der Waals surface area contributed by atoms with Crippen molar-refractivity contribution in [2.45, 2.75) is 52.9 Å². The highest BCUT2D eigenvalue weighted by atomic mass is 16.1. The van der Waals surface area contributed by atoms with E-state index in [2.05, 4.69) is 6.92 Å². The summed E-state index contributed by atoms with van der Waals surface area (Å²) in [7, 11) is 0. The molecule has 0 aliphatic carbocycles. The molecule has 0 aromatic rings. The van der Waals surface area contributed by atoms with Crippen molar-refractivity contribution in [3.05, 3.63) is 11.6 Å². The van der Waals surface area contributed by atoms with E-state index >= 15 is 0 Å². The zero-order valence-electron chi connectivity index (χ0n) is 8.52. The van der Waals surface area contributed by atoms with Crippen LogP contribution >= 0.6 is 0 Å². The predicted molar refractivity (Wildman–Crippen MR) is 53.2 cm³/mol. The van der Waals surface area contributed by atoms with E-state index in [-0.39, 0.29) is 5.78 Å². The third-order valence-electron chi connectivity index (χ3n) is 1.87. The molecule has 0 heterocycles. The zero-order chi connectivity index (χ0) is 9.40. The minimum Gasteiger partial charge on any atom is -0.295 e. The first-order valence-electron chi connectivity index (χ1n) is 4.84. The SMILES string of the molecule is CCCCCC/C(C)=C\C(C)=O. The molecule has 0 N–H and O–H groups in total. The molecule has 0 fully saturated rings. The van der Waals surface area contributed by atoms with Crippen molar-refractivity contribution in [3.63, 3.8) is 0 Å². The standard InChI is InChI=1S/C11H20O/c1-4-5-6-7-8-10(2)9-11(3)12/h9H,4-8H2,1-3H3/b10-9-. The average molecular weight is 168 g/mol. The van der Waals surface area contributed by atoms with Crippen LogP contribution in [-0.4, -0.2) is 5.78 Å². The van der Waals surface area contributed by atoms with Gasteiger partial charge in [-0.2, -0.15) is 0 Å². The van der Waals surface area contributed by atoms with E-state index in [0.717, 1.165) is 6.42 Å². The molecule has 0 aromatic carbocycles. The Bertz CT molecular complexity index is 156. The fourth-order valence-electron chi connectivity index (χ4n) is 1.25. The van der Waals surface area contributed by atoms with Gasteiger partial charge in [-0.05, 0) is 32.8 Å². The van der Waals surface area contributed by atoms with Crippen LogP contribution in [0.15, 0.2) is 11.6 Å². The number of allylic oxidation sites excluding steroid dienone is 2. The van der Waals surface area contributed by atoms with Gasteiger partial charge in [0.15, 0.2) is 5.78 Å². The van der Waals surface area contributed by atoms with Crippen molar-refractivity contribution in [2.75, 3.05) is 0 Å². The van der Waals surface area contributed by atoms with E-state index < -0.39 is 0 Å². The average Bonchev–Trinajstić information content (AvgIpc) is 1.97. The number of carbonyl (C=O) groups excluding carboxylic acids is 1. The van der Waals surface area contributed by atoms with Crippen molar-refractivity contribution >= 4 is 5.78 Å². The number of ketones is 1. The van der Waals surface area contributed by atoms with E-state index in [0.29, 0.717) is 0 Å². The molecule has 0 radical (unpaired) electrons. The Balaban J connectivity index is 3.43. The normalized spacial score (nSPS) is 11.8. The minimum absolute atomic E-state index is 0.169. The molecule has 12 heavy (non-hydrogen) atoms. The Hall–Kier alpha value is -0.590. The lowest BCUT2D eigenvalue weighted by molar-refractivity contribution is -0.112. The van der Waals surface area contributed by atoms with Crippen molar-refractivity contribution in [1.82, 2.24) is 0 Å². The smallest absolute Gasteiger partial charge is 0.152 e. The van der Waals surface area contributed by atoms with Crippen LogP contribution in [-0.2, 0) is 4.79 Å². The predicted octanol–water partition coefficient (Wildman–Crippen LogP) is 3.49. The van der Waals surface area contributed by atoms with E-state index in [1.165, 1.54) is 31.3 Å². The van der Waals surface area contributed by atoms with Crippen LogP contribution in [0.4, 0.5) is 0 Å². The number of hydrogen-bond acceptors (Lipinski definition) is 1. The molecule has 0 amide bonds. The maximum atomic E-state index is 10.7. The van der Waals surface area contributed by atoms with Crippen molar-refractivity contribution in [2.24, 2.45) is 0 Å². The Labute approximate surface area is 75.9 Å². The lowest BCUT2D eigenvalue weighted by atomic mass is 10.1. The Morgan fingerprint density at radius 2 is 1.83 bits per heavy atom.